The van der Waals surface area contributed by atoms with Gasteiger partial charge in [-0.2, -0.15) is 0 Å². The minimum atomic E-state index is -0.224. The third kappa shape index (κ3) is 2.65. The number of fused-ring (bicyclic) bond motifs is 3. The second-order valence-corrected chi connectivity index (χ2v) is 5.22. The van der Waals surface area contributed by atoms with Crippen molar-refractivity contribution in [1.29, 1.82) is 0 Å². The predicted octanol–water partition coefficient (Wildman–Crippen LogP) is 2.38. The van der Waals surface area contributed by atoms with Gasteiger partial charge in [-0.3, -0.25) is 4.79 Å². The SMILES string of the molecule is CCOC(=O)CCn1c2c(c3cc(F)ccc31)CNCC2. The number of esters is 1. The van der Waals surface area contributed by atoms with Crippen LogP contribution in [0.3, 0.4) is 0 Å². The third-order valence-electron chi connectivity index (χ3n) is 3.93. The lowest BCUT2D eigenvalue weighted by molar-refractivity contribution is -0.143. The minimum absolute atomic E-state index is 0.191. The lowest BCUT2D eigenvalue weighted by atomic mass is 10.1. The first-order chi connectivity index (χ1) is 10.2. The summed E-state index contributed by atoms with van der Waals surface area (Å²) in [5, 5.41) is 4.27. The third-order valence-corrected chi connectivity index (χ3v) is 3.93. The number of carbonyl (C=O) groups excluding carboxylic acids is 1. The Morgan fingerprint density at radius 2 is 2.33 bits per heavy atom. The molecule has 3 rings (SSSR count). The Bertz CT molecular complexity index is 678. The minimum Gasteiger partial charge on any atom is -0.466 e. The molecular formula is C16H19FN2O2. The maximum absolute atomic E-state index is 13.5. The molecule has 4 nitrogen and oxygen atoms in total. The number of hydrogen-bond acceptors (Lipinski definition) is 3. The summed E-state index contributed by atoms with van der Waals surface area (Å²) >= 11 is 0. The van der Waals surface area contributed by atoms with Gasteiger partial charge in [0.25, 0.3) is 0 Å². The van der Waals surface area contributed by atoms with Crippen molar-refractivity contribution >= 4 is 16.9 Å². The van der Waals surface area contributed by atoms with Crippen molar-refractivity contribution in [2.45, 2.75) is 32.9 Å². The zero-order valence-corrected chi connectivity index (χ0v) is 12.1. The molecule has 0 amide bonds. The zero-order chi connectivity index (χ0) is 14.8. The highest BCUT2D eigenvalue weighted by molar-refractivity contribution is 5.86. The van der Waals surface area contributed by atoms with Gasteiger partial charge in [0.1, 0.15) is 5.82 Å². The van der Waals surface area contributed by atoms with Crippen molar-refractivity contribution < 1.29 is 13.9 Å². The molecule has 2 aromatic rings. The first-order valence-electron chi connectivity index (χ1n) is 7.36. The maximum atomic E-state index is 13.5. The number of benzene rings is 1. The fourth-order valence-corrected chi connectivity index (χ4v) is 3.04. The highest BCUT2D eigenvalue weighted by atomic mass is 19.1. The van der Waals surface area contributed by atoms with Gasteiger partial charge < -0.3 is 14.6 Å². The molecule has 0 fully saturated rings. The van der Waals surface area contributed by atoms with Crippen LogP contribution in [0.5, 0.6) is 0 Å². The van der Waals surface area contributed by atoms with Crippen molar-refractivity contribution in [3.8, 4) is 0 Å². The fourth-order valence-electron chi connectivity index (χ4n) is 3.04. The molecule has 21 heavy (non-hydrogen) atoms. The zero-order valence-electron chi connectivity index (χ0n) is 12.1. The van der Waals surface area contributed by atoms with E-state index in [-0.39, 0.29) is 11.8 Å². The number of carbonyl (C=O) groups is 1. The van der Waals surface area contributed by atoms with Crippen molar-refractivity contribution in [2.75, 3.05) is 13.2 Å². The Balaban J connectivity index is 1.98. The van der Waals surface area contributed by atoms with E-state index in [9.17, 15) is 9.18 Å². The van der Waals surface area contributed by atoms with E-state index in [2.05, 4.69) is 9.88 Å². The molecular weight excluding hydrogens is 271 g/mol. The summed E-state index contributed by atoms with van der Waals surface area (Å²) in [6, 6.07) is 4.86. The van der Waals surface area contributed by atoms with Crippen LogP contribution in [0.1, 0.15) is 24.6 Å². The number of halogens is 1. The van der Waals surface area contributed by atoms with Gasteiger partial charge in [0.2, 0.25) is 0 Å². The van der Waals surface area contributed by atoms with Gasteiger partial charge in [-0.25, -0.2) is 4.39 Å². The molecule has 0 aliphatic carbocycles. The van der Waals surface area contributed by atoms with Gasteiger partial charge in [0, 0.05) is 42.7 Å². The van der Waals surface area contributed by atoms with Crippen LogP contribution >= 0.6 is 0 Å². The van der Waals surface area contributed by atoms with Crippen molar-refractivity contribution in [2.24, 2.45) is 0 Å². The van der Waals surface area contributed by atoms with Gasteiger partial charge in [-0.15, -0.1) is 0 Å². The second kappa shape index (κ2) is 5.85. The Hall–Kier alpha value is -1.88. The monoisotopic (exact) mass is 290 g/mol. The molecule has 1 aliphatic heterocycles. The van der Waals surface area contributed by atoms with Crippen LogP contribution < -0.4 is 5.32 Å². The van der Waals surface area contributed by atoms with Gasteiger partial charge in [-0.05, 0) is 30.7 Å². The molecule has 1 aromatic carbocycles. The van der Waals surface area contributed by atoms with Crippen LogP contribution in [0.2, 0.25) is 0 Å². The number of ether oxygens (including phenoxy) is 1. The summed E-state index contributed by atoms with van der Waals surface area (Å²) in [6.45, 7) is 4.45. The van der Waals surface area contributed by atoms with Gasteiger partial charge >= 0.3 is 5.97 Å². The molecule has 112 valence electrons. The number of aryl methyl sites for hydroxylation is 1. The van der Waals surface area contributed by atoms with E-state index in [1.54, 1.807) is 19.1 Å². The van der Waals surface area contributed by atoms with Gasteiger partial charge in [0.15, 0.2) is 0 Å². The molecule has 0 atom stereocenters. The molecule has 0 bridgehead atoms. The van der Waals surface area contributed by atoms with Crippen LogP contribution in [0.25, 0.3) is 10.9 Å². The Labute approximate surface area is 122 Å². The maximum Gasteiger partial charge on any atom is 0.307 e. The van der Waals surface area contributed by atoms with Gasteiger partial charge in [-0.1, -0.05) is 0 Å². The van der Waals surface area contributed by atoms with Gasteiger partial charge in [0.05, 0.1) is 13.0 Å². The molecule has 1 N–H and O–H groups in total. The standard InChI is InChI=1S/C16H19FN2O2/c1-2-21-16(20)6-8-19-14-4-3-11(17)9-12(14)13-10-18-7-5-15(13)19/h3-4,9,18H,2,5-8,10H2,1H3. The number of nitrogens with one attached hydrogen (secondary N) is 1. The lowest BCUT2D eigenvalue weighted by Gasteiger charge is -2.16. The first kappa shape index (κ1) is 14.1. The highest BCUT2D eigenvalue weighted by Gasteiger charge is 2.20. The summed E-state index contributed by atoms with van der Waals surface area (Å²) in [5.41, 5.74) is 3.35. The number of rotatable bonds is 4. The Morgan fingerprint density at radius 3 is 3.14 bits per heavy atom. The quantitative estimate of drug-likeness (QED) is 0.879. The molecule has 0 saturated heterocycles. The van der Waals surface area contributed by atoms with Crippen molar-refractivity contribution in [1.82, 2.24) is 9.88 Å². The van der Waals surface area contributed by atoms with E-state index in [0.717, 1.165) is 36.0 Å². The highest BCUT2D eigenvalue weighted by Crippen LogP contribution is 2.29. The van der Waals surface area contributed by atoms with Crippen LogP contribution in [-0.2, 0) is 29.0 Å². The summed E-state index contributed by atoms with van der Waals surface area (Å²) in [5.74, 6) is -0.414. The molecule has 0 saturated carbocycles. The van der Waals surface area contributed by atoms with E-state index >= 15 is 0 Å². The van der Waals surface area contributed by atoms with Crippen LogP contribution in [0, 0.1) is 5.82 Å². The summed E-state index contributed by atoms with van der Waals surface area (Å²) in [7, 11) is 0. The number of nitrogens with zero attached hydrogens (tertiary/aromatic N) is 1. The fraction of sp³-hybridized carbons (Fsp3) is 0.438. The average molecular weight is 290 g/mol. The van der Waals surface area contributed by atoms with E-state index in [1.807, 2.05) is 0 Å². The summed E-state index contributed by atoms with van der Waals surface area (Å²) in [4.78, 5) is 11.6. The van der Waals surface area contributed by atoms with E-state index in [4.69, 9.17) is 4.74 Å². The Kier molecular flexibility index (Phi) is 3.92. The number of aromatic nitrogens is 1. The topological polar surface area (TPSA) is 43.3 Å². The number of hydrogen-bond donors (Lipinski definition) is 1. The summed E-state index contributed by atoms with van der Waals surface area (Å²) in [6.07, 6.45) is 1.24. The van der Waals surface area contributed by atoms with E-state index in [1.165, 1.54) is 11.8 Å². The molecule has 0 unspecified atom stereocenters. The van der Waals surface area contributed by atoms with Crippen LogP contribution in [-0.4, -0.2) is 23.7 Å². The molecule has 0 radical (unpaired) electrons. The second-order valence-electron chi connectivity index (χ2n) is 5.22. The average Bonchev–Trinajstić information content (AvgIpc) is 2.79. The van der Waals surface area contributed by atoms with Crippen LogP contribution in [0.15, 0.2) is 18.2 Å². The molecule has 0 spiro atoms. The Morgan fingerprint density at radius 1 is 1.48 bits per heavy atom. The summed E-state index contributed by atoms with van der Waals surface area (Å²) < 4.78 is 20.7. The van der Waals surface area contributed by atoms with Crippen molar-refractivity contribution in [3.63, 3.8) is 0 Å². The molecule has 5 heteroatoms. The molecule has 1 aliphatic rings. The lowest BCUT2D eigenvalue weighted by Crippen LogP contribution is -2.25. The van der Waals surface area contributed by atoms with Crippen LogP contribution in [0.4, 0.5) is 4.39 Å². The largest absolute Gasteiger partial charge is 0.466 e. The predicted molar refractivity (Wildman–Crippen MR) is 78.6 cm³/mol. The van der Waals surface area contributed by atoms with E-state index < -0.39 is 0 Å². The first-order valence-corrected chi connectivity index (χ1v) is 7.36. The van der Waals surface area contributed by atoms with Crippen molar-refractivity contribution in [3.05, 3.63) is 35.3 Å². The molecule has 2 heterocycles. The normalized spacial score (nSPS) is 14.2. The van der Waals surface area contributed by atoms with E-state index in [0.29, 0.717) is 19.6 Å². The molecule has 1 aromatic heterocycles. The smallest absolute Gasteiger partial charge is 0.307 e.